The second kappa shape index (κ2) is 6.06. The molecule has 1 aliphatic rings. The Morgan fingerprint density at radius 1 is 1.20 bits per heavy atom. The molecule has 2 aromatic rings. The van der Waals surface area contributed by atoms with E-state index in [9.17, 15) is 0 Å². The largest absolute Gasteiger partial charge is 0.370 e. The number of rotatable bonds is 4. The van der Waals surface area contributed by atoms with Gasteiger partial charge in [0, 0.05) is 32.4 Å². The molecule has 104 valence electrons. The molecule has 2 heterocycles. The molecule has 0 fully saturated rings. The van der Waals surface area contributed by atoms with E-state index in [-0.39, 0.29) is 0 Å². The van der Waals surface area contributed by atoms with Gasteiger partial charge in [0.2, 0.25) is 0 Å². The molecule has 0 radical (unpaired) electrons. The first-order valence-electron chi connectivity index (χ1n) is 7.33. The van der Waals surface area contributed by atoms with Crippen LogP contribution in [-0.2, 0) is 19.5 Å². The van der Waals surface area contributed by atoms with Crippen molar-refractivity contribution in [1.29, 1.82) is 0 Å². The summed E-state index contributed by atoms with van der Waals surface area (Å²) in [4.78, 5) is 6.84. The molecule has 1 aromatic heterocycles. The first-order chi connectivity index (χ1) is 9.85. The smallest absolute Gasteiger partial charge is 0.126 e. The molecule has 1 aliphatic heterocycles. The van der Waals surface area contributed by atoms with Crippen LogP contribution in [0.5, 0.6) is 0 Å². The Morgan fingerprint density at radius 2 is 2.05 bits per heavy atom. The van der Waals surface area contributed by atoms with Crippen LogP contribution in [0.1, 0.15) is 23.6 Å². The highest BCUT2D eigenvalue weighted by Gasteiger charge is 2.15. The lowest BCUT2D eigenvalue weighted by molar-refractivity contribution is 0.245. The number of aromatic nitrogens is 1. The zero-order valence-corrected chi connectivity index (χ0v) is 12.0. The van der Waals surface area contributed by atoms with Crippen LogP contribution in [0, 0.1) is 0 Å². The third-order valence-electron chi connectivity index (χ3n) is 3.80. The van der Waals surface area contributed by atoms with Crippen LogP contribution in [0.3, 0.4) is 0 Å². The van der Waals surface area contributed by atoms with Gasteiger partial charge in [-0.2, -0.15) is 0 Å². The fraction of sp³-hybridized carbons (Fsp3) is 0.353. The highest BCUT2D eigenvalue weighted by Crippen LogP contribution is 2.20. The number of anilines is 1. The van der Waals surface area contributed by atoms with E-state index in [1.807, 2.05) is 6.20 Å². The summed E-state index contributed by atoms with van der Waals surface area (Å²) < 4.78 is 0. The Balaban J connectivity index is 1.69. The monoisotopic (exact) mass is 267 g/mol. The second-order valence-corrected chi connectivity index (χ2v) is 5.31. The van der Waals surface area contributed by atoms with Gasteiger partial charge in [-0.25, -0.2) is 4.98 Å². The predicted octanol–water partition coefficient (Wildman–Crippen LogP) is 3.07. The summed E-state index contributed by atoms with van der Waals surface area (Å²) in [7, 11) is 0. The van der Waals surface area contributed by atoms with Gasteiger partial charge in [0.05, 0.1) is 0 Å². The lowest BCUT2D eigenvalue weighted by Gasteiger charge is -2.28. The van der Waals surface area contributed by atoms with E-state index < -0.39 is 0 Å². The van der Waals surface area contributed by atoms with Gasteiger partial charge in [-0.15, -0.1) is 0 Å². The van der Waals surface area contributed by atoms with Gasteiger partial charge in [0.15, 0.2) is 0 Å². The summed E-state index contributed by atoms with van der Waals surface area (Å²) in [5.74, 6) is 0.974. The number of hydrogen-bond donors (Lipinski definition) is 1. The molecule has 0 amide bonds. The molecule has 0 saturated heterocycles. The molecule has 0 atom stereocenters. The zero-order valence-electron chi connectivity index (χ0n) is 12.0. The van der Waals surface area contributed by atoms with Crippen molar-refractivity contribution in [3.63, 3.8) is 0 Å². The first-order valence-corrected chi connectivity index (χ1v) is 7.33. The first kappa shape index (κ1) is 13.1. The topological polar surface area (TPSA) is 28.2 Å². The van der Waals surface area contributed by atoms with Gasteiger partial charge in [0.1, 0.15) is 5.82 Å². The van der Waals surface area contributed by atoms with Crippen molar-refractivity contribution in [3.8, 4) is 0 Å². The summed E-state index contributed by atoms with van der Waals surface area (Å²) in [5.41, 5.74) is 4.31. The molecule has 0 aliphatic carbocycles. The standard InChI is InChI=1S/C17H21N3/c1-2-18-17-11-14(7-9-19-17)12-20-10-8-15-5-3-4-6-16(15)13-20/h3-7,9,11H,2,8,10,12-13H2,1H3,(H,18,19). The molecule has 20 heavy (non-hydrogen) atoms. The van der Waals surface area contributed by atoms with Crippen molar-refractivity contribution in [2.24, 2.45) is 0 Å². The maximum atomic E-state index is 4.33. The Morgan fingerprint density at radius 3 is 2.90 bits per heavy atom. The molecular formula is C17H21N3. The molecule has 0 unspecified atom stereocenters. The average molecular weight is 267 g/mol. The van der Waals surface area contributed by atoms with Gasteiger partial charge in [0.25, 0.3) is 0 Å². The molecule has 3 heteroatoms. The van der Waals surface area contributed by atoms with Crippen LogP contribution in [0.4, 0.5) is 5.82 Å². The van der Waals surface area contributed by atoms with E-state index in [2.05, 4.69) is 58.5 Å². The normalized spacial score (nSPS) is 14.8. The number of fused-ring (bicyclic) bond motifs is 1. The summed E-state index contributed by atoms with van der Waals surface area (Å²) in [6.45, 7) is 6.18. The SMILES string of the molecule is CCNc1cc(CN2CCc3ccccc3C2)ccn1. The van der Waals surface area contributed by atoms with E-state index in [0.717, 1.165) is 38.4 Å². The third kappa shape index (κ3) is 2.99. The fourth-order valence-electron chi connectivity index (χ4n) is 2.80. The number of nitrogens with one attached hydrogen (secondary N) is 1. The van der Waals surface area contributed by atoms with Crippen molar-refractivity contribution < 1.29 is 0 Å². The van der Waals surface area contributed by atoms with E-state index in [1.54, 1.807) is 0 Å². The van der Waals surface area contributed by atoms with Gasteiger partial charge in [-0.3, -0.25) is 4.90 Å². The van der Waals surface area contributed by atoms with Gasteiger partial charge >= 0.3 is 0 Å². The van der Waals surface area contributed by atoms with E-state index in [1.165, 1.54) is 16.7 Å². The maximum Gasteiger partial charge on any atom is 0.126 e. The zero-order chi connectivity index (χ0) is 13.8. The number of nitrogens with zero attached hydrogens (tertiary/aromatic N) is 2. The summed E-state index contributed by atoms with van der Waals surface area (Å²) in [6, 6.07) is 13.0. The van der Waals surface area contributed by atoms with Crippen molar-refractivity contribution in [3.05, 3.63) is 59.3 Å². The van der Waals surface area contributed by atoms with Crippen LogP contribution in [0.15, 0.2) is 42.6 Å². The lowest BCUT2D eigenvalue weighted by Crippen LogP contribution is -2.30. The summed E-state index contributed by atoms with van der Waals surface area (Å²) in [5, 5.41) is 3.27. The minimum Gasteiger partial charge on any atom is -0.370 e. The van der Waals surface area contributed by atoms with Crippen LogP contribution in [0.25, 0.3) is 0 Å². The highest BCUT2D eigenvalue weighted by molar-refractivity contribution is 5.37. The minimum absolute atomic E-state index is 0.910. The average Bonchev–Trinajstić information content (AvgIpc) is 2.48. The number of hydrogen-bond acceptors (Lipinski definition) is 3. The van der Waals surface area contributed by atoms with Crippen LogP contribution in [0.2, 0.25) is 0 Å². The van der Waals surface area contributed by atoms with Gasteiger partial charge in [-0.1, -0.05) is 24.3 Å². The number of benzene rings is 1. The highest BCUT2D eigenvalue weighted by atomic mass is 15.1. The van der Waals surface area contributed by atoms with Gasteiger partial charge < -0.3 is 5.32 Å². The molecule has 0 saturated carbocycles. The molecule has 0 bridgehead atoms. The van der Waals surface area contributed by atoms with E-state index in [4.69, 9.17) is 0 Å². The maximum absolute atomic E-state index is 4.33. The quantitative estimate of drug-likeness (QED) is 0.922. The van der Waals surface area contributed by atoms with Crippen molar-refractivity contribution in [1.82, 2.24) is 9.88 Å². The molecule has 1 N–H and O–H groups in total. The predicted molar refractivity (Wildman–Crippen MR) is 82.7 cm³/mol. The Bertz CT molecular complexity index is 580. The lowest BCUT2D eigenvalue weighted by atomic mass is 9.99. The Kier molecular flexibility index (Phi) is 3.97. The van der Waals surface area contributed by atoms with Crippen molar-refractivity contribution in [2.45, 2.75) is 26.4 Å². The van der Waals surface area contributed by atoms with Crippen LogP contribution in [-0.4, -0.2) is 23.0 Å². The van der Waals surface area contributed by atoms with Gasteiger partial charge in [-0.05, 0) is 42.2 Å². The Hall–Kier alpha value is -1.87. The number of pyridine rings is 1. The van der Waals surface area contributed by atoms with E-state index in [0.29, 0.717) is 0 Å². The fourth-order valence-corrected chi connectivity index (χ4v) is 2.80. The Labute approximate surface area is 120 Å². The van der Waals surface area contributed by atoms with Crippen LogP contribution >= 0.6 is 0 Å². The van der Waals surface area contributed by atoms with Crippen molar-refractivity contribution >= 4 is 5.82 Å². The van der Waals surface area contributed by atoms with Crippen molar-refractivity contribution in [2.75, 3.05) is 18.4 Å². The van der Waals surface area contributed by atoms with Crippen LogP contribution < -0.4 is 5.32 Å². The minimum atomic E-state index is 0.910. The molecular weight excluding hydrogens is 246 g/mol. The third-order valence-corrected chi connectivity index (χ3v) is 3.80. The molecule has 3 nitrogen and oxygen atoms in total. The molecule has 0 spiro atoms. The summed E-state index contributed by atoms with van der Waals surface area (Å²) >= 11 is 0. The summed E-state index contributed by atoms with van der Waals surface area (Å²) in [6.07, 6.45) is 3.05. The second-order valence-electron chi connectivity index (χ2n) is 5.31. The molecule has 1 aromatic carbocycles. The van der Waals surface area contributed by atoms with E-state index >= 15 is 0 Å². The molecule has 3 rings (SSSR count).